The maximum absolute atomic E-state index is 12.6. The number of nitro benzene ring substituents is 1. The molecule has 41 heteroatoms. The van der Waals surface area contributed by atoms with Gasteiger partial charge in [-0.1, -0.05) is 46.9 Å². The van der Waals surface area contributed by atoms with Gasteiger partial charge in [-0.2, -0.15) is 46.5 Å². The highest BCUT2D eigenvalue weighted by Gasteiger charge is 2.33. The van der Waals surface area contributed by atoms with Crippen LogP contribution in [0.15, 0.2) is 90.1 Å². The second kappa shape index (κ2) is 35.8. The molecular weight excluding hydrogens is 1360 g/mol. The molecule has 3 aromatic heterocycles. The molecular formula is C51H58Cl4F3N14O18PS. The van der Waals surface area contributed by atoms with Crippen molar-refractivity contribution in [3.8, 4) is 29.0 Å². The van der Waals surface area contributed by atoms with Crippen LogP contribution < -0.4 is 49.8 Å². The summed E-state index contributed by atoms with van der Waals surface area (Å²) < 4.78 is 95.2. The van der Waals surface area contributed by atoms with Crippen LogP contribution in [0.3, 0.4) is 0 Å². The van der Waals surface area contributed by atoms with Crippen molar-refractivity contribution < 1.29 is 94.0 Å². The Morgan fingerprint density at radius 2 is 1.52 bits per heavy atom. The summed E-state index contributed by atoms with van der Waals surface area (Å²) in [4.78, 5) is 108. The lowest BCUT2D eigenvalue weighted by Gasteiger charge is -2.35. The zero-order valence-electron chi connectivity index (χ0n) is 49.2. The van der Waals surface area contributed by atoms with Crippen molar-refractivity contribution >= 4 is 123 Å². The molecule has 1 aliphatic heterocycles. The predicted octanol–water partition coefficient (Wildman–Crippen LogP) is 8.04. The number of ether oxygens (including phenoxy) is 4. The molecule has 500 valence electrons. The van der Waals surface area contributed by atoms with Crippen molar-refractivity contribution in [2.75, 3.05) is 75.1 Å². The molecule has 1 aliphatic rings. The lowest BCUT2D eigenvalue weighted by molar-refractivity contribution is -0.385. The minimum absolute atomic E-state index is 0.0672. The standard InChI is InChI=1S/C15H18N6O6S.C14H7ClF3NO5.C11H11Cl2NO2.C8H14ClN5.C3H8NO5P/c1-21(2)13(22)9-6-5-7-16-12(9)28(24,25)20-15(23)19-14-17-10(26-3)8-11(18-14)27-4;15-10-5-7(14(16,17)18)1-4-12(10)24-8-2-3-11(19(22)23)9(6-8)13(20)21;1-7-6-16-9-5-3-2-4-8(9)14(7)11(15)10(12)13;1-4-10-7-12-6(9)13-8(14-7)11-5(2)3;5-3(6)1-4-2-10(7,8)9/h5-8H,1-4H3,(H2,17,18,19,20,23);1-6H,(H,20,21);2-5,7,10H,6H2,1H3;5H,4H2,1-3H3,(H2,10,11,12,13,14);4H,1-2H2,(H,5,6)(H2,7,8,9). The van der Waals surface area contributed by atoms with Gasteiger partial charge in [0.2, 0.25) is 34.9 Å². The number of nitrogens with zero attached hydrogens (tertiary/aromatic N) is 9. The molecule has 0 saturated carbocycles. The molecule has 3 aromatic carbocycles. The molecule has 0 aliphatic carbocycles. The van der Waals surface area contributed by atoms with Gasteiger partial charge in [0, 0.05) is 45.0 Å². The number of benzene rings is 3. The van der Waals surface area contributed by atoms with Gasteiger partial charge in [-0.05, 0) is 87.8 Å². The van der Waals surface area contributed by atoms with Crippen LogP contribution in [-0.2, 0) is 30.4 Å². The van der Waals surface area contributed by atoms with Crippen molar-refractivity contribution in [3.63, 3.8) is 0 Å². The number of nitro groups is 1. The molecule has 32 nitrogen and oxygen atoms in total. The monoisotopic (exact) mass is 1410 g/mol. The third-order valence-electron chi connectivity index (χ3n) is 10.5. The van der Waals surface area contributed by atoms with E-state index in [1.807, 2.05) is 52.0 Å². The van der Waals surface area contributed by atoms with E-state index in [-0.39, 0.29) is 63.1 Å². The number of carboxylic acid groups (broad SMARTS) is 2. The first kappa shape index (κ1) is 77.5. The number of aromatic nitrogens is 6. The van der Waals surface area contributed by atoms with Crippen molar-refractivity contribution in [1.82, 2.24) is 44.8 Å². The summed E-state index contributed by atoms with van der Waals surface area (Å²) in [6.07, 6.45) is -3.99. The van der Waals surface area contributed by atoms with Gasteiger partial charge in [0.05, 0.1) is 65.9 Å². The Hall–Kier alpha value is -8.74. The molecule has 9 N–H and O–H groups in total. The maximum Gasteiger partial charge on any atom is 0.416 e. The number of urea groups is 1. The molecule has 1 unspecified atom stereocenters. The van der Waals surface area contributed by atoms with E-state index < -0.39 is 92.1 Å². The highest BCUT2D eigenvalue weighted by molar-refractivity contribution is 7.90. The molecule has 1 atom stereocenters. The summed E-state index contributed by atoms with van der Waals surface area (Å²) >= 11 is 22.7. The number of methoxy groups -OCH3 is 2. The number of pyridine rings is 1. The van der Waals surface area contributed by atoms with Crippen molar-refractivity contribution in [2.45, 2.75) is 55.8 Å². The van der Waals surface area contributed by atoms with Gasteiger partial charge < -0.3 is 59.4 Å². The highest BCUT2D eigenvalue weighted by Crippen LogP contribution is 2.38. The fraction of sp³-hybridized carbons (Fsp3) is 0.314. The normalized spacial score (nSPS) is 12.3. The van der Waals surface area contributed by atoms with Crippen LogP contribution in [-0.4, -0.2) is 169 Å². The Bertz CT molecular complexity index is 3710. The van der Waals surface area contributed by atoms with E-state index in [1.165, 1.54) is 57.6 Å². The van der Waals surface area contributed by atoms with E-state index in [0.29, 0.717) is 30.3 Å². The number of sulfonamides is 1. The fourth-order valence-electron chi connectivity index (χ4n) is 6.73. The van der Waals surface area contributed by atoms with Crippen LogP contribution in [0, 0.1) is 10.1 Å². The van der Waals surface area contributed by atoms with E-state index in [9.17, 15) is 60.2 Å². The SMILES string of the molecule is CC1COc2ccccc2N1C(=O)C(Cl)Cl.CCNc1nc(Cl)nc(NC(C)C)n1.COc1cc(OC)nc(NC(=O)NS(=O)(=O)c2ncccc2C(=O)N(C)C)n1.O=C(O)CNCP(=O)(O)O.O=C(O)c1cc(Oc2ccc(C(F)(F)F)cc2Cl)ccc1[N+](=O)[O-]. The third-order valence-corrected chi connectivity index (χ3v) is 13.3. The van der Waals surface area contributed by atoms with E-state index in [0.717, 1.165) is 42.6 Å². The van der Waals surface area contributed by atoms with Crippen LogP contribution in [0.5, 0.6) is 29.0 Å². The second-order valence-electron chi connectivity index (χ2n) is 18.2. The van der Waals surface area contributed by atoms with Crippen molar-refractivity contribution in [2.24, 2.45) is 0 Å². The number of aromatic carboxylic acids is 1. The summed E-state index contributed by atoms with van der Waals surface area (Å²) in [5, 5.41) is 37.2. The van der Waals surface area contributed by atoms with E-state index in [4.69, 9.17) is 85.4 Å². The van der Waals surface area contributed by atoms with Crippen molar-refractivity contribution in [3.05, 3.63) is 122 Å². The van der Waals surface area contributed by atoms with Gasteiger partial charge in [-0.25, -0.2) is 19.3 Å². The molecule has 0 bridgehead atoms. The number of amides is 4. The zero-order valence-corrected chi connectivity index (χ0v) is 53.9. The number of carbonyl (C=O) groups excluding carboxylic acids is 3. The number of rotatable bonds is 19. The number of halogens is 7. The molecule has 7 rings (SSSR count). The number of hydrogen-bond acceptors (Lipinski definition) is 23. The Balaban J connectivity index is 0.000000313. The average molecular weight is 1420 g/mol. The smallest absolute Gasteiger partial charge is 0.416 e. The third kappa shape index (κ3) is 25.5. The lowest BCUT2D eigenvalue weighted by atomic mass is 10.1. The number of carboxylic acids is 2. The Kier molecular flexibility index (Phi) is 30.1. The summed E-state index contributed by atoms with van der Waals surface area (Å²) in [6.45, 7) is 8.63. The fourth-order valence-corrected chi connectivity index (χ4v) is 8.76. The van der Waals surface area contributed by atoms with Gasteiger partial charge in [-0.15, -0.1) is 0 Å². The van der Waals surface area contributed by atoms with Crippen LogP contribution >= 0.6 is 54.0 Å². The molecule has 4 heterocycles. The number of nitrogens with one attached hydrogen (secondary N) is 5. The molecule has 92 heavy (non-hydrogen) atoms. The Morgan fingerprint density at radius 3 is 2.05 bits per heavy atom. The molecule has 0 saturated heterocycles. The van der Waals surface area contributed by atoms with Crippen LogP contribution in [0.2, 0.25) is 10.3 Å². The van der Waals surface area contributed by atoms with Crippen molar-refractivity contribution in [1.29, 1.82) is 0 Å². The minimum Gasteiger partial charge on any atom is -0.489 e. The first-order valence-electron chi connectivity index (χ1n) is 25.7. The summed E-state index contributed by atoms with van der Waals surface area (Å²) in [5.41, 5.74) is -1.71. The Morgan fingerprint density at radius 1 is 0.891 bits per heavy atom. The molecule has 0 spiro atoms. The van der Waals surface area contributed by atoms with Crippen LogP contribution in [0.1, 0.15) is 54.0 Å². The number of carbonyl (C=O) groups is 5. The molecule has 6 aromatic rings. The summed E-state index contributed by atoms with van der Waals surface area (Å²) in [5.74, 6) is -2.28. The van der Waals surface area contributed by atoms with E-state index in [1.54, 1.807) is 9.62 Å². The average Bonchev–Trinajstić information content (AvgIpc) is 0.820. The van der Waals surface area contributed by atoms with Gasteiger partial charge >= 0.3 is 31.7 Å². The van der Waals surface area contributed by atoms with Crippen LogP contribution in [0.25, 0.3) is 0 Å². The number of para-hydroxylation sites is 2. The quantitative estimate of drug-likeness (QED) is 0.0160. The van der Waals surface area contributed by atoms with Gasteiger partial charge in [0.1, 0.15) is 29.4 Å². The lowest BCUT2D eigenvalue weighted by Crippen LogP contribution is -2.47. The molecule has 4 amide bonds. The number of fused-ring (bicyclic) bond motifs is 1. The number of alkyl halides is 5. The number of anilines is 4. The van der Waals surface area contributed by atoms with E-state index >= 15 is 0 Å². The second-order valence-corrected chi connectivity index (χ2v) is 23.3. The summed E-state index contributed by atoms with van der Waals surface area (Å²) in [7, 11) is -2.94. The first-order valence-corrected chi connectivity index (χ1v) is 30.6. The number of hydrogen-bond donors (Lipinski definition) is 9. The van der Waals surface area contributed by atoms with E-state index in [2.05, 4.69) is 51.2 Å². The molecule has 0 fully saturated rings. The molecule has 0 radical (unpaired) electrons. The zero-order chi connectivity index (χ0) is 69.4. The predicted molar refractivity (Wildman–Crippen MR) is 328 cm³/mol. The highest BCUT2D eigenvalue weighted by atomic mass is 35.5. The minimum atomic E-state index is -4.58. The van der Waals surface area contributed by atoms with Gasteiger partial charge in [0.15, 0.2) is 9.86 Å². The Labute approximate surface area is 541 Å². The van der Waals surface area contributed by atoms with Gasteiger partial charge in [0.25, 0.3) is 27.5 Å². The maximum atomic E-state index is 12.6. The number of aliphatic carboxylic acids is 1. The summed E-state index contributed by atoms with van der Waals surface area (Å²) in [6, 6.07) is 15.7. The van der Waals surface area contributed by atoms with Crippen LogP contribution in [0.4, 0.5) is 47.2 Å². The topological polar surface area (TPSA) is 442 Å². The first-order chi connectivity index (χ1) is 42.9. The van der Waals surface area contributed by atoms with Gasteiger partial charge in [-0.3, -0.25) is 39.7 Å². The largest absolute Gasteiger partial charge is 0.489 e.